The first-order valence-corrected chi connectivity index (χ1v) is 8.65. The normalized spacial score (nSPS) is 10.8. The first-order valence-electron chi connectivity index (χ1n) is 7.06. The minimum atomic E-state index is -1.24. The lowest BCUT2D eigenvalue weighted by atomic mass is 9.99. The lowest BCUT2D eigenvalue weighted by molar-refractivity contribution is 0.0691. The number of carboxylic acid groups (broad SMARTS) is 1. The molecule has 3 N–H and O–H groups in total. The van der Waals surface area contributed by atoms with Gasteiger partial charge in [0, 0.05) is 4.47 Å². The van der Waals surface area contributed by atoms with E-state index >= 15 is 0 Å². The van der Waals surface area contributed by atoms with Crippen LogP contribution < -0.4 is 0 Å². The molecule has 0 radical (unpaired) electrons. The first-order chi connectivity index (χ1) is 9.91. The number of halogens is 2. The molecule has 0 spiro atoms. The van der Waals surface area contributed by atoms with Crippen LogP contribution in [0.25, 0.3) is 0 Å². The molecule has 0 unspecified atom stereocenters. The number of hydrogen-bond donors (Lipinski definition) is 3. The van der Waals surface area contributed by atoms with E-state index in [1.165, 1.54) is 19.3 Å². The third-order valence-electron chi connectivity index (χ3n) is 3.42. The van der Waals surface area contributed by atoms with Crippen molar-refractivity contribution in [1.82, 2.24) is 0 Å². The van der Waals surface area contributed by atoms with Crippen molar-refractivity contribution in [3.8, 4) is 11.5 Å². The highest BCUT2D eigenvalue weighted by Crippen LogP contribution is 2.45. The molecule has 0 amide bonds. The maximum absolute atomic E-state index is 11.3. The molecule has 0 aliphatic heterocycles. The van der Waals surface area contributed by atoms with Crippen molar-refractivity contribution >= 4 is 37.8 Å². The van der Waals surface area contributed by atoms with Gasteiger partial charge in [0.1, 0.15) is 5.56 Å². The summed E-state index contributed by atoms with van der Waals surface area (Å²) < 4.78 is 0.773. The average molecular weight is 424 g/mol. The van der Waals surface area contributed by atoms with Crippen LogP contribution >= 0.6 is 31.9 Å². The van der Waals surface area contributed by atoms with E-state index in [0.717, 1.165) is 19.3 Å². The van der Waals surface area contributed by atoms with E-state index in [0.29, 0.717) is 16.5 Å². The van der Waals surface area contributed by atoms with Gasteiger partial charge in [-0.25, -0.2) is 4.79 Å². The Morgan fingerprint density at radius 3 is 2.10 bits per heavy atom. The fraction of sp³-hybridized carbons (Fsp3) is 0.533. The second-order valence-electron chi connectivity index (χ2n) is 5.00. The molecule has 118 valence electrons. The van der Waals surface area contributed by atoms with E-state index in [4.69, 9.17) is 0 Å². The molecule has 1 rings (SSSR count). The van der Waals surface area contributed by atoms with Gasteiger partial charge in [0.2, 0.25) is 0 Å². The Morgan fingerprint density at radius 2 is 1.52 bits per heavy atom. The Morgan fingerprint density at radius 1 is 0.952 bits per heavy atom. The van der Waals surface area contributed by atoms with Gasteiger partial charge in [-0.05, 0) is 50.3 Å². The fourth-order valence-corrected chi connectivity index (χ4v) is 3.27. The van der Waals surface area contributed by atoms with Crippen LogP contribution in [0.4, 0.5) is 0 Å². The van der Waals surface area contributed by atoms with Crippen molar-refractivity contribution in [2.24, 2.45) is 0 Å². The molecule has 0 saturated carbocycles. The van der Waals surface area contributed by atoms with Crippen LogP contribution in [0, 0.1) is 0 Å². The number of phenolic OH excluding ortho intramolecular Hbond substituents is 1. The molecule has 4 nitrogen and oxygen atoms in total. The zero-order valence-corrected chi connectivity index (χ0v) is 15.1. The molecular formula is C15H20Br2O4. The number of phenols is 2. The van der Waals surface area contributed by atoms with E-state index < -0.39 is 17.5 Å². The Kier molecular flexibility index (Phi) is 7.52. The molecule has 0 atom stereocenters. The van der Waals surface area contributed by atoms with E-state index in [-0.39, 0.29) is 10.0 Å². The Bertz CT molecular complexity index is 515. The molecule has 0 aromatic heterocycles. The number of carbonyl (C=O) groups is 1. The van der Waals surface area contributed by atoms with Crippen molar-refractivity contribution in [3.05, 3.63) is 20.1 Å². The van der Waals surface area contributed by atoms with Crippen LogP contribution in [0.15, 0.2) is 8.95 Å². The first kappa shape index (κ1) is 18.3. The van der Waals surface area contributed by atoms with E-state index in [1.807, 2.05) is 0 Å². The lowest BCUT2D eigenvalue weighted by Gasteiger charge is -2.14. The minimum absolute atomic E-state index is 0.226. The molecule has 1 aromatic rings. The molecule has 1 aromatic carbocycles. The predicted octanol–water partition coefficient (Wildman–Crippen LogP) is 5.22. The maximum atomic E-state index is 11.3. The molecule has 0 aliphatic rings. The van der Waals surface area contributed by atoms with E-state index in [9.17, 15) is 20.1 Å². The van der Waals surface area contributed by atoms with Gasteiger partial charge in [0.05, 0.1) is 4.47 Å². The van der Waals surface area contributed by atoms with Crippen LogP contribution in [0.3, 0.4) is 0 Å². The highest BCUT2D eigenvalue weighted by Gasteiger charge is 2.25. The summed E-state index contributed by atoms with van der Waals surface area (Å²) in [7, 11) is 0. The number of hydrogen-bond acceptors (Lipinski definition) is 3. The van der Waals surface area contributed by atoms with Gasteiger partial charge in [0.15, 0.2) is 11.5 Å². The Hall–Kier alpha value is -0.750. The quantitative estimate of drug-likeness (QED) is 0.395. The maximum Gasteiger partial charge on any atom is 0.339 e. The SMILES string of the molecule is CCCCCCCCc1c(Br)c(Br)c(O)c(O)c1C(=O)O. The summed E-state index contributed by atoms with van der Waals surface area (Å²) in [6, 6.07) is 0. The monoisotopic (exact) mass is 422 g/mol. The van der Waals surface area contributed by atoms with Crippen LogP contribution in [0.5, 0.6) is 11.5 Å². The van der Waals surface area contributed by atoms with Crippen molar-refractivity contribution in [2.45, 2.75) is 51.9 Å². The average Bonchev–Trinajstić information content (AvgIpc) is 2.45. The third-order valence-corrected chi connectivity index (χ3v) is 5.60. The number of aromatic hydroxyl groups is 2. The molecule has 0 bridgehead atoms. The summed E-state index contributed by atoms with van der Waals surface area (Å²) in [6.07, 6.45) is 7.13. The standard InChI is InChI=1S/C15H20Br2O4/c1-2-3-4-5-6-7-8-9-10(15(20)21)13(18)14(19)12(17)11(9)16/h18-19H,2-8H2,1H3,(H,20,21). The Balaban J connectivity index is 2.88. The molecule has 0 fully saturated rings. The highest BCUT2D eigenvalue weighted by molar-refractivity contribution is 9.13. The van der Waals surface area contributed by atoms with Crippen molar-refractivity contribution in [1.29, 1.82) is 0 Å². The topological polar surface area (TPSA) is 77.8 Å². The summed E-state index contributed by atoms with van der Waals surface area (Å²) in [6.45, 7) is 2.16. The van der Waals surface area contributed by atoms with Crippen LogP contribution in [0.2, 0.25) is 0 Å². The zero-order valence-electron chi connectivity index (χ0n) is 12.0. The molecule has 0 saturated heterocycles. The van der Waals surface area contributed by atoms with E-state index in [2.05, 4.69) is 38.8 Å². The van der Waals surface area contributed by atoms with Crippen LogP contribution in [0.1, 0.15) is 61.4 Å². The molecule has 6 heteroatoms. The van der Waals surface area contributed by atoms with Crippen molar-refractivity contribution in [2.75, 3.05) is 0 Å². The second-order valence-corrected chi connectivity index (χ2v) is 6.59. The molecule has 21 heavy (non-hydrogen) atoms. The van der Waals surface area contributed by atoms with Gasteiger partial charge in [0.25, 0.3) is 0 Å². The van der Waals surface area contributed by atoms with Crippen molar-refractivity contribution in [3.63, 3.8) is 0 Å². The van der Waals surface area contributed by atoms with Gasteiger partial charge >= 0.3 is 5.97 Å². The smallest absolute Gasteiger partial charge is 0.339 e. The van der Waals surface area contributed by atoms with Gasteiger partial charge in [-0.1, -0.05) is 39.0 Å². The fourth-order valence-electron chi connectivity index (χ4n) is 2.26. The summed E-state index contributed by atoms with van der Waals surface area (Å²) in [5, 5.41) is 28.8. The van der Waals surface area contributed by atoms with Crippen LogP contribution in [-0.2, 0) is 6.42 Å². The molecular weight excluding hydrogens is 404 g/mol. The summed E-state index contributed by atoms with van der Waals surface area (Å²) >= 11 is 6.45. The van der Waals surface area contributed by atoms with Gasteiger partial charge in [-0.3, -0.25) is 0 Å². The number of benzene rings is 1. The lowest BCUT2D eigenvalue weighted by Crippen LogP contribution is -2.05. The number of rotatable bonds is 8. The number of carboxylic acids is 1. The van der Waals surface area contributed by atoms with E-state index in [1.54, 1.807) is 0 Å². The van der Waals surface area contributed by atoms with Crippen LogP contribution in [-0.4, -0.2) is 21.3 Å². The summed E-state index contributed by atoms with van der Waals surface area (Å²) in [5.41, 5.74) is 0.288. The predicted molar refractivity (Wildman–Crippen MR) is 89.2 cm³/mol. The van der Waals surface area contributed by atoms with Gasteiger partial charge in [-0.15, -0.1) is 0 Å². The number of unbranched alkanes of at least 4 members (excludes halogenated alkanes) is 5. The largest absolute Gasteiger partial charge is 0.504 e. The number of aromatic carboxylic acids is 1. The van der Waals surface area contributed by atoms with Gasteiger partial charge < -0.3 is 15.3 Å². The molecule has 0 aliphatic carbocycles. The minimum Gasteiger partial charge on any atom is -0.504 e. The van der Waals surface area contributed by atoms with Gasteiger partial charge in [-0.2, -0.15) is 0 Å². The van der Waals surface area contributed by atoms with Crippen molar-refractivity contribution < 1.29 is 20.1 Å². The summed E-state index contributed by atoms with van der Waals surface area (Å²) in [4.78, 5) is 11.3. The zero-order chi connectivity index (χ0) is 16.0. The second kappa shape index (κ2) is 8.63. The highest BCUT2D eigenvalue weighted by atomic mass is 79.9. The third kappa shape index (κ3) is 4.61. The Labute approximate surface area is 141 Å². The molecule has 0 heterocycles. The summed E-state index contributed by atoms with van der Waals surface area (Å²) in [5.74, 6) is -2.28.